The van der Waals surface area contributed by atoms with Crippen LogP contribution in [0.3, 0.4) is 0 Å². The van der Waals surface area contributed by atoms with Crippen molar-refractivity contribution >= 4 is 12.1 Å². The molecule has 0 aliphatic carbocycles. The Labute approximate surface area is 176 Å². The number of para-hydroxylation sites is 1. The van der Waals surface area contributed by atoms with Crippen LogP contribution in [0.5, 0.6) is 11.5 Å². The number of hydrogen-bond acceptors (Lipinski definition) is 4. The molecular formula is C24H40N2O3. The van der Waals surface area contributed by atoms with Crippen molar-refractivity contribution < 1.29 is 14.6 Å². The van der Waals surface area contributed by atoms with Gasteiger partial charge in [-0.25, -0.2) is 5.43 Å². The standard InChI is InChI=1S/C24H40N2O3/c1-3-4-5-6-7-8-9-10-11-12-13-14-15-19-23(27)26-25-20-21-17-16-18-22(29-2)24(21)28/h16-18,20,28H,3-15,19H2,1-2H3,(H,26,27). The molecule has 5 heteroatoms. The fourth-order valence-corrected chi connectivity index (χ4v) is 3.34. The fourth-order valence-electron chi connectivity index (χ4n) is 3.34. The first-order chi connectivity index (χ1) is 14.2. The number of unbranched alkanes of at least 4 members (excludes halogenated alkanes) is 12. The largest absolute Gasteiger partial charge is 0.504 e. The molecule has 0 saturated carbocycles. The van der Waals surface area contributed by atoms with Gasteiger partial charge in [-0.05, 0) is 18.6 Å². The summed E-state index contributed by atoms with van der Waals surface area (Å²) in [6.45, 7) is 2.26. The average molecular weight is 405 g/mol. The lowest BCUT2D eigenvalue weighted by atomic mass is 10.0. The van der Waals surface area contributed by atoms with E-state index in [1.807, 2.05) is 0 Å². The van der Waals surface area contributed by atoms with Crippen molar-refractivity contribution in [3.05, 3.63) is 23.8 Å². The van der Waals surface area contributed by atoms with Gasteiger partial charge in [-0.3, -0.25) is 4.79 Å². The quantitative estimate of drug-likeness (QED) is 0.181. The lowest BCUT2D eigenvalue weighted by Gasteiger charge is -2.05. The third-order valence-electron chi connectivity index (χ3n) is 5.15. The van der Waals surface area contributed by atoms with Crippen LogP contribution in [0.25, 0.3) is 0 Å². The molecule has 0 radical (unpaired) electrons. The van der Waals surface area contributed by atoms with E-state index < -0.39 is 0 Å². The Morgan fingerprint density at radius 2 is 1.52 bits per heavy atom. The Morgan fingerprint density at radius 1 is 0.966 bits per heavy atom. The maximum absolute atomic E-state index is 11.8. The number of ether oxygens (including phenoxy) is 1. The molecule has 1 rings (SSSR count). The van der Waals surface area contributed by atoms with E-state index >= 15 is 0 Å². The number of phenols is 1. The van der Waals surface area contributed by atoms with E-state index in [2.05, 4.69) is 17.5 Å². The number of carbonyl (C=O) groups excluding carboxylic acids is 1. The van der Waals surface area contributed by atoms with Crippen LogP contribution in [0.15, 0.2) is 23.3 Å². The summed E-state index contributed by atoms with van der Waals surface area (Å²) in [5, 5.41) is 13.9. The highest BCUT2D eigenvalue weighted by atomic mass is 16.5. The predicted molar refractivity (Wildman–Crippen MR) is 121 cm³/mol. The highest BCUT2D eigenvalue weighted by Gasteiger charge is 2.05. The van der Waals surface area contributed by atoms with Gasteiger partial charge >= 0.3 is 0 Å². The average Bonchev–Trinajstić information content (AvgIpc) is 2.72. The molecule has 0 bridgehead atoms. The van der Waals surface area contributed by atoms with Crippen LogP contribution >= 0.6 is 0 Å². The number of methoxy groups -OCH3 is 1. The summed E-state index contributed by atoms with van der Waals surface area (Å²) >= 11 is 0. The maximum atomic E-state index is 11.8. The van der Waals surface area contributed by atoms with Crippen molar-refractivity contribution in [2.75, 3.05) is 7.11 Å². The number of aromatic hydroxyl groups is 1. The normalized spacial score (nSPS) is 11.1. The molecule has 5 nitrogen and oxygen atoms in total. The molecule has 0 unspecified atom stereocenters. The second kappa shape index (κ2) is 16.9. The predicted octanol–water partition coefficient (Wildman–Crippen LogP) is 6.33. The van der Waals surface area contributed by atoms with Crippen LogP contribution < -0.4 is 10.2 Å². The zero-order valence-electron chi connectivity index (χ0n) is 18.4. The number of carbonyl (C=O) groups is 1. The summed E-state index contributed by atoms with van der Waals surface area (Å²) in [5.41, 5.74) is 3.02. The molecule has 0 saturated heterocycles. The minimum absolute atomic E-state index is 0.0180. The van der Waals surface area contributed by atoms with Crippen LogP contribution in [0.1, 0.15) is 102 Å². The summed E-state index contributed by atoms with van der Waals surface area (Å²) in [4.78, 5) is 11.8. The van der Waals surface area contributed by atoms with Gasteiger partial charge in [0.25, 0.3) is 0 Å². The Hall–Kier alpha value is -2.04. The van der Waals surface area contributed by atoms with Crippen LogP contribution in [-0.2, 0) is 4.79 Å². The van der Waals surface area contributed by atoms with E-state index in [-0.39, 0.29) is 11.7 Å². The lowest BCUT2D eigenvalue weighted by molar-refractivity contribution is -0.121. The highest BCUT2D eigenvalue weighted by molar-refractivity contribution is 5.86. The number of benzene rings is 1. The summed E-state index contributed by atoms with van der Waals surface area (Å²) in [6.07, 6.45) is 18.7. The molecule has 0 heterocycles. The van der Waals surface area contributed by atoms with Crippen molar-refractivity contribution in [3.63, 3.8) is 0 Å². The van der Waals surface area contributed by atoms with E-state index in [0.717, 1.165) is 12.8 Å². The number of hydrogen-bond donors (Lipinski definition) is 2. The van der Waals surface area contributed by atoms with Crippen molar-refractivity contribution in [1.82, 2.24) is 5.43 Å². The van der Waals surface area contributed by atoms with Gasteiger partial charge in [0.2, 0.25) is 5.91 Å². The summed E-state index contributed by atoms with van der Waals surface area (Å²) < 4.78 is 5.04. The molecule has 1 amide bonds. The van der Waals surface area contributed by atoms with Gasteiger partial charge in [0.1, 0.15) is 0 Å². The molecule has 0 atom stereocenters. The van der Waals surface area contributed by atoms with Gasteiger partial charge in [0.05, 0.1) is 13.3 Å². The molecule has 0 aliphatic heterocycles. The molecule has 29 heavy (non-hydrogen) atoms. The molecule has 0 aliphatic rings. The summed E-state index contributed by atoms with van der Waals surface area (Å²) in [7, 11) is 1.49. The van der Waals surface area contributed by atoms with E-state index in [1.54, 1.807) is 18.2 Å². The summed E-state index contributed by atoms with van der Waals surface area (Å²) in [6, 6.07) is 5.13. The number of phenolic OH excluding ortho intramolecular Hbond substituents is 1. The minimum Gasteiger partial charge on any atom is -0.504 e. The number of nitrogens with zero attached hydrogens (tertiary/aromatic N) is 1. The van der Waals surface area contributed by atoms with Crippen molar-refractivity contribution in [2.24, 2.45) is 5.10 Å². The van der Waals surface area contributed by atoms with Gasteiger partial charge < -0.3 is 9.84 Å². The molecule has 0 spiro atoms. The topological polar surface area (TPSA) is 70.9 Å². The van der Waals surface area contributed by atoms with Crippen molar-refractivity contribution in [3.8, 4) is 11.5 Å². The number of amides is 1. The second-order valence-electron chi connectivity index (χ2n) is 7.68. The SMILES string of the molecule is CCCCCCCCCCCCCCCC(=O)NN=Cc1cccc(OC)c1O. The Morgan fingerprint density at radius 3 is 2.07 bits per heavy atom. The van der Waals surface area contributed by atoms with Crippen molar-refractivity contribution in [2.45, 2.75) is 96.8 Å². The van der Waals surface area contributed by atoms with Gasteiger partial charge in [0, 0.05) is 12.0 Å². The fraction of sp³-hybridized carbons (Fsp3) is 0.667. The van der Waals surface area contributed by atoms with E-state index in [4.69, 9.17) is 4.74 Å². The van der Waals surface area contributed by atoms with Crippen molar-refractivity contribution in [1.29, 1.82) is 0 Å². The maximum Gasteiger partial charge on any atom is 0.240 e. The van der Waals surface area contributed by atoms with E-state index in [9.17, 15) is 9.90 Å². The Balaban J connectivity index is 1.98. The first kappa shape index (κ1) is 25.0. The first-order valence-corrected chi connectivity index (χ1v) is 11.4. The Kier molecular flexibility index (Phi) is 14.5. The van der Waals surface area contributed by atoms with Crippen LogP contribution in [-0.4, -0.2) is 24.3 Å². The van der Waals surface area contributed by atoms with Crippen LogP contribution in [0.2, 0.25) is 0 Å². The van der Waals surface area contributed by atoms with Gasteiger partial charge in [-0.1, -0.05) is 90.0 Å². The highest BCUT2D eigenvalue weighted by Crippen LogP contribution is 2.27. The molecule has 1 aromatic carbocycles. The third kappa shape index (κ3) is 12.2. The molecule has 2 N–H and O–H groups in total. The second-order valence-corrected chi connectivity index (χ2v) is 7.68. The van der Waals surface area contributed by atoms with E-state index in [1.165, 1.54) is 84.0 Å². The van der Waals surface area contributed by atoms with E-state index in [0.29, 0.717) is 17.7 Å². The number of nitrogens with one attached hydrogen (secondary N) is 1. The zero-order chi connectivity index (χ0) is 21.2. The minimum atomic E-state index is -0.0910. The Bertz CT molecular complexity index is 587. The zero-order valence-corrected chi connectivity index (χ0v) is 18.4. The third-order valence-corrected chi connectivity index (χ3v) is 5.15. The van der Waals surface area contributed by atoms with Crippen LogP contribution in [0, 0.1) is 0 Å². The van der Waals surface area contributed by atoms with Crippen LogP contribution in [0.4, 0.5) is 0 Å². The summed E-state index contributed by atoms with van der Waals surface area (Å²) in [5.74, 6) is 0.309. The molecular weight excluding hydrogens is 364 g/mol. The van der Waals surface area contributed by atoms with Gasteiger partial charge in [-0.2, -0.15) is 5.10 Å². The number of rotatable bonds is 17. The molecule has 0 fully saturated rings. The first-order valence-electron chi connectivity index (χ1n) is 11.4. The van der Waals surface area contributed by atoms with Gasteiger partial charge in [0.15, 0.2) is 11.5 Å². The molecule has 0 aromatic heterocycles. The molecule has 164 valence electrons. The smallest absolute Gasteiger partial charge is 0.240 e. The van der Waals surface area contributed by atoms with Gasteiger partial charge in [-0.15, -0.1) is 0 Å². The monoisotopic (exact) mass is 404 g/mol. The molecule has 1 aromatic rings. The number of hydrazone groups is 1. The lowest BCUT2D eigenvalue weighted by Crippen LogP contribution is -2.16.